The quantitative estimate of drug-likeness (QED) is 0.775. The largest absolute Gasteiger partial charge is 0.374 e. The zero-order valence-electron chi connectivity index (χ0n) is 11.3. The predicted octanol–water partition coefficient (Wildman–Crippen LogP) is 3.42. The Balaban J connectivity index is 2.00. The highest BCUT2D eigenvalue weighted by molar-refractivity contribution is 14.1. The molecule has 0 saturated heterocycles. The molecule has 5 nitrogen and oxygen atoms in total. The van der Waals surface area contributed by atoms with Gasteiger partial charge < -0.3 is 15.2 Å². The zero-order valence-corrected chi connectivity index (χ0v) is 13.5. The zero-order chi connectivity index (χ0) is 14.5. The number of aromatic nitrogens is 1. The Morgan fingerprint density at radius 2 is 2.10 bits per heavy atom. The normalized spacial score (nSPS) is 11.9. The molecular weight excluding hydrogens is 369 g/mol. The number of aryl methyl sites for hydroxylation is 1. The Kier molecular flexibility index (Phi) is 4.99. The molecule has 0 fully saturated rings. The minimum atomic E-state index is -0.313. The summed E-state index contributed by atoms with van der Waals surface area (Å²) >= 11 is 2.24. The topological polar surface area (TPSA) is 67.2 Å². The van der Waals surface area contributed by atoms with E-state index in [2.05, 4.69) is 38.4 Å². The summed E-state index contributed by atoms with van der Waals surface area (Å²) in [6.45, 7) is 3.74. The molecule has 1 amide bonds. The molecule has 0 spiro atoms. The van der Waals surface area contributed by atoms with Crippen LogP contribution >= 0.6 is 22.6 Å². The van der Waals surface area contributed by atoms with Gasteiger partial charge in [-0.3, -0.25) is 4.79 Å². The number of hydrogen-bond acceptors (Lipinski definition) is 4. The second-order valence-corrected chi connectivity index (χ2v) is 5.67. The summed E-state index contributed by atoms with van der Waals surface area (Å²) in [6, 6.07) is 9.28. The Morgan fingerprint density at radius 1 is 1.40 bits per heavy atom. The van der Waals surface area contributed by atoms with E-state index in [4.69, 9.17) is 4.52 Å². The Morgan fingerprint density at radius 3 is 2.65 bits per heavy atom. The van der Waals surface area contributed by atoms with Gasteiger partial charge >= 0.3 is 0 Å². The third-order valence-corrected chi connectivity index (χ3v) is 3.51. The number of carbonyl (C=O) groups excluding carboxylic acids is 1. The Bertz CT molecular complexity index is 580. The van der Waals surface area contributed by atoms with Crippen LogP contribution in [-0.2, 0) is 4.79 Å². The molecule has 2 aromatic rings. The molecule has 2 rings (SSSR count). The predicted molar refractivity (Wildman–Crippen MR) is 86.7 cm³/mol. The van der Waals surface area contributed by atoms with Crippen molar-refractivity contribution in [3.05, 3.63) is 39.7 Å². The van der Waals surface area contributed by atoms with Gasteiger partial charge in [0, 0.05) is 15.3 Å². The van der Waals surface area contributed by atoms with Crippen LogP contribution in [0.25, 0.3) is 0 Å². The summed E-state index contributed by atoms with van der Waals surface area (Å²) in [5, 5.41) is 9.70. The molecule has 1 atom stereocenters. The van der Waals surface area contributed by atoms with Crippen molar-refractivity contribution in [3.8, 4) is 0 Å². The van der Waals surface area contributed by atoms with Gasteiger partial charge in [0.15, 0.2) is 5.82 Å². The van der Waals surface area contributed by atoms with Crippen LogP contribution in [-0.4, -0.2) is 17.1 Å². The number of carbonyl (C=O) groups is 1. The molecule has 0 bridgehead atoms. The molecule has 1 aromatic carbocycles. The van der Waals surface area contributed by atoms with Crippen molar-refractivity contribution < 1.29 is 9.32 Å². The molecule has 0 radical (unpaired) electrons. The van der Waals surface area contributed by atoms with Crippen LogP contribution in [0.2, 0.25) is 0 Å². The average molecular weight is 385 g/mol. The second-order valence-electron chi connectivity index (χ2n) is 4.42. The van der Waals surface area contributed by atoms with E-state index < -0.39 is 0 Å². The summed E-state index contributed by atoms with van der Waals surface area (Å²) in [6.07, 6.45) is 0.675. The van der Waals surface area contributed by atoms with Crippen LogP contribution in [0.5, 0.6) is 0 Å². The van der Waals surface area contributed by atoms with Gasteiger partial charge in [-0.1, -0.05) is 12.1 Å². The lowest BCUT2D eigenvalue weighted by Gasteiger charge is -2.17. The van der Waals surface area contributed by atoms with Crippen molar-refractivity contribution in [2.75, 3.05) is 10.6 Å². The highest BCUT2D eigenvalue weighted by atomic mass is 127. The molecule has 2 N–H and O–H groups in total. The molecule has 1 aromatic heterocycles. The van der Waals surface area contributed by atoms with Gasteiger partial charge in [0.1, 0.15) is 11.8 Å². The van der Waals surface area contributed by atoms with E-state index in [0.717, 1.165) is 9.26 Å². The van der Waals surface area contributed by atoms with Gasteiger partial charge in [0.2, 0.25) is 5.91 Å². The fraction of sp³-hybridized carbons (Fsp3) is 0.286. The summed E-state index contributed by atoms with van der Waals surface area (Å²) in [7, 11) is 0. The van der Waals surface area contributed by atoms with Gasteiger partial charge in [-0.2, -0.15) is 0 Å². The van der Waals surface area contributed by atoms with Gasteiger partial charge in [-0.15, -0.1) is 0 Å². The number of benzene rings is 1. The number of nitrogens with zero attached hydrogens (tertiary/aromatic N) is 1. The van der Waals surface area contributed by atoms with Gasteiger partial charge in [0.05, 0.1) is 0 Å². The fourth-order valence-corrected chi connectivity index (χ4v) is 2.10. The molecule has 20 heavy (non-hydrogen) atoms. The van der Waals surface area contributed by atoms with E-state index in [9.17, 15) is 4.79 Å². The maximum Gasteiger partial charge on any atom is 0.248 e. The lowest BCUT2D eigenvalue weighted by Crippen LogP contribution is -2.34. The number of halogens is 1. The summed E-state index contributed by atoms with van der Waals surface area (Å²) in [5.41, 5.74) is 0.920. The van der Waals surface area contributed by atoms with E-state index in [1.165, 1.54) is 0 Å². The summed E-state index contributed by atoms with van der Waals surface area (Å²) in [5.74, 6) is 0.980. The molecular formula is C14H16IN3O2. The lowest BCUT2D eigenvalue weighted by atomic mass is 10.2. The highest BCUT2D eigenvalue weighted by Crippen LogP contribution is 2.14. The fourth-order valence-electron chi connectivity index (χ4n) is 1.74. The maximum absolute atomic E-state index is 12.2. The molecule has 1 heterocycles. The first kappa shape index (κ1) is 14.8. The molecule has 0 unspecified atom stereocenters. The Labute approximate surface area is 131 Å². The van der Waals surface area contributed by atoms with E-state index in [1.54, 1.807) is 13.0 Å². The van der Waals surface area contributed by atoms with Crippen molar-refractivity contribution >= 4 is 40.0 Å². The standard InChI is InChI=1S/C14H16IN3O2/c1-3-12(16-11-6-4-10(15)5-7-11)14(19)17-13-8-9(2)20-18-13/h4-8,12,16H,3H2,1-2H3,(H,17,18,19)/t12-/m0/s1. The third kappa shape index (κ3) is 3.96. The minimum absolute atomic E-state index is 0.126. The lowest BCUT2D eigenvalue weighted by molar-refractivity contribution is -0.117. The highest BCUT2D eigenvalue weighted by Gasteiger charge is 2.17. The van der Waals surface area contributed by atoms with Crippen LogP contribution in [0, 0.1) is 10.5 Å². The van der Waals surface area contributed by atoms with Crippen LogP contribution in [0.4, 0.5) is 11.5 Å². The van der Waals surface area contributed by atoms with Crippen molar-refractivity contribution in [3.63, 3.8) is 0 Å². The van der Waals surface area contributed by atoms with Gasteiger partial charge in [-0.25, -0.2) is 0 Å². The van der Waals surface area contributed by atoms with Crippen molar-refractivity contribution in [2.24, 2.45) is 0 Å². The monoisotopic (exact) mass is 385 g/mol. The summed E-state index contributed by atoms with van der Waals surface area (Å²) in [4.78, 5) is 12.2. The molecule has 0 saturated carbocycles. The van der Waals surface area contributed by atoms with Crippen LogP contribution in [0.15, 0.2) is 34.9 Å². The van der Waals surface area contributed by atoms with E-state index in [1.807, 2.05) is 31.2 Å². The third-order valence-electron chi connectivity index (χ3n) is 2.79. The summed E-state index contributed by atoms with van der Waals surface area (Å²) < 4.78 is 6.08. The van der Waals surface area contributed by atoms with E-state index in [-0.39, 0.29) is 11.9 Å². The van der Waals surface area contributed by atoms with E-state index in [0.29, 0.717) is 18.0 Å². The number of amides is 1. The number of nitrogens with one attached hydrogen (secondary N) is 2. The smallest absolute Gasteiger partial charge is 0.248 e. The van der Waals surface area contributed by atoms with Crippen LogP contribution in [0.1, 0.15) is 19.1 Å². The second kappa shape index (κ2) is 6.74. The first-order valence-electron chi connectivity index (χ1n) is 6.34. The molecule has 0 aliphatic heterocycles. The Hall–Kier alpha value is -1.57. The molecule has 0 aliphatic rings. The molecule has 6 heteroatoms. The maximum atomic E-state index is 12.2. The number of anilines is 2. The van der Waals surface area contributed by atoms with E-state index >= 15 is 0 Å². The molecule has 106 valence electrons. The van der Waals surface area contributed by atoms with Gasteiger partial charge in [0.25, 0.3) is 0 Å². The van der Waals surface area contributed by atoms with Crippen molar-refractivity contribution in [1.82, 2.24) is 5.16 Å². The molecule has 0 aliphatic carbocycles. The first-order chi connectivity index (χ1) is 9.58. The SMILES string of the molecule is CC[C@H](Nc1ccc(I)cc1)C(=O)Nc1cc(C)on1. The van der Waals surface area contributed by atoms with Crippen molar-refractivity contribution in [2.45, 2.75) is 26.3 Å². The number of hydrogen-bond donors (Lipinski definition) is 2. The minimum Gasteiger partial charge on any atom is -0.374 e. The van der Waals surface area contributed by atoms with Crippen molar-refractivity contribution in [1.29, 1.82) is 0 Å². The average Bonchev–Trinajstić information content (AvgIpc) is 2.83. The van der Waals surface area contributed by atoms with Gasteiger partial charge in [-0.05, 0) is 60.2 Å². The first-order valence-corrected chi connectivity index (χ1v) is 7.42. The number of rotatable bonds is 5. The van der Waals surface area contributed by atoms with Crippen LogP contribution < -0.4 is 10.6 Å². The van der Waals surface area contributed by atoms with Crippen LogP contribution in [0.3, 0.4) is 0 Å².